The summed E-state index contributed by atoms with van der Waals surface area (Å²) in [4.78, 5) is 4.12. The number of rotatable bonds is 10. The largest absolute Gasteiger partial charge is 0.356 e. The number of nitrogens with one attached hydrogen (secondary N) is 2. The highest BCUT2D eigenvalue weighted by atomic mass is 32.2. The molecular formula is C14H32N4O2S. The summed E-state index contributed by atoms with van der Waals surface area (Å²) in [6.45, 7) is 10.3. The van der Waals surface area contributed by atoms with Gasteiger partial charge in [0.15, 0.2) is 5.96 Å². The van der Waals surface area contributed by atoms with E-state index in [0.717, 1.165) is 19.4 Å². The molecule has 0 bridgehead atoms. The van der Waals surface area contributed by atoms with Crippen LogP contribution in [0.15, 0.2) is 4.99 Å². The SMILES string of the molecule is CCC(CC)CNC(=NC)NCCS(=O)(=O)N(CC)CC. The van der Waals surface area contributed by atoms with Crippen LogP contribution in [0.4, 0.5) is 0 Å². The molecule has 0 saturated carbocycles. The average Bonchev–Trinajstić information content (AvgIpc) is 2.47. The van der Waals surface area contributed by atoms with Crippen molar-refractivity contribution < 1.29 is 8.42 Å². The predicted octanol–water partition coefficient (Wildman–Crippen LogP) is 1.26. The van der Waals surface area contributed by atoms with E-state index in [4.69, 9.17) is 0 Å². The smallest absolute Gasteiger partial charge is 0.215 e. The van der Waals surface area contributed by atoms with Crippen LogP contribution in [0.2, 0.25) is 0 Å². The Hall–Kier alpha value is -0.820. The Balaban J connectivity index is 4.25. The van der Waals surface area contributed by atoms with Crippen LogP contribution in [0.3, 0.4) is 0 Å². The van der Waals surface area contributed by atoms with Crippen LogP contribution in [-0.4, -0.2) is 57.7 Å². The summed E-state index contributed by atoms with van der Waals surface area (Å²) in [5.74, 6) is 1.36. The van der Waals surface area contributed by atoms with Crippen molar-refractivity contribution in [2.75, 3.05) is 39.0 Å². The van der Waals surface area contributed by atoms with Crippen LogP contribution in [-0.2, 0) is 10.0 Å². The highest BCUT2D eigenvalue weighted by molar-refractivity contribution is 7.89. The van der Waals surface area contributed by atoms with Gasteiger partial charge in [-0.1, -0.05) is 40.5 Å². The lowest BCUT2D eigenvalue weighted by atomic mass is 10.0. The van der Waals surface area contributed by atoms with Crippen molar-refractivity contribution >= 4 is 16.0 Å². The predicted molar refractivity (Wildman–Crippen MR) is 90.1 cm³/mol. The second kappa shape index (κ2) is 10.8. The Morgan fingerprint density at radius 2 is 1.67 bits per heavy atom. The number of aliphatic imine (C=N–C) groups is 1. The van der Waals surface area contributed by atoms with E-state index in [1.165, 1.54) is 4.31 Å². The molecule has 2 N–H and O–H groups in total. The van der Waals surface area contributed by atoms with E-state index in [-0.39, 0.29) is 5.75 Å². The summed E-state index contributed by atoms with van der Waals surface area (Å²) in [5, 5.41) is 6.31. The first-order valence-electron chi connectivity index (χ1n) is 7.87. The van der Waals surface area contributed by atoms with Crippen LogP contribution in [0.5, 0.6) is 0 Å². The molecule has 0 heterocycles. The van der Waals surface area contributed by atoms with Crippen LogP contribution in [0.1, 0.15) is 40.5 Å². The van der Waals surface area contributed by atoms with Gasteiger partial charge >= 0.3 is 0 Å². The first-order valence-corrected chi connectivity index (χ1v) is 9.48. The summed E-state index contributed by atoms with van der Waals surface area (Å²) in [6.07, 6.45) is 2.24. The van der Waals surface area contributed by atoms with Crippen molar-refractivity contribution in [2.45, 2.75) is 40.5 Å². The lowest BCUT2D eigenvalue weighted by Crippen LogP contribution is -2.43. The minimum absolute atomic E-state index is 0.0837. The molecule has 0 aliphatic rings. The normalized spacial score (nSPS) is 13.0. The van der Waals surface area contributed by atoms with E-state index in [2.05, 4.69) is 29.5 Å². The molecule has 7 heteroatoms. The van der Waals surface area contributed by atoms with E-state index in [0.29, 0.717) is 31.5 Å². The third-order valence-electron chi connectivity index (χ3n) is 3.69. The van der Waals surface area contributed by atoms with Crippen molar-refractivity contribution in [3.8, 4) is 0 Å². The van der Waals surface area contributed by atoms with Gasteiger partial charge in [-0.2, -0.15) is 0 Å². The van der Waals surface area contributed by atoms with Crippen LogP contribution < -0.4 is 10.6 Å². The number of guanidine groups is 1. The molecular weight excluding hydrogens is 288 g/mol. The summed E-state index contributed by atoms with van der Waals surface area (Å²) in [7, 11) is -1.48. The van der Waals surface area contributed by atoms with Crippen molar-refractivity contribution in [1.82, 2.24) is 14.9 Å². The third-order valence-corrected chi connectivity index (χ3v) is 5.71. The van der Waals surface area contributed by atoms with Crippen molar-refractivity contribution in [3.63, 3.8) is 0 Å². The van der Waals surface area contributed by atoms with Gasteiger partial charge < -0.3 is 10.6 Å². The summed E-state index contributed by atoms with van der Waals surface area (Å²) < 4.78 is 25.6. The molecule has 0 atom stereocenters. The van der Waals surface area contributed by atoms with E-state index in [1.807, 2.05) is 13.8 Å². The fraction of sp³-hybridized carbons (Fsp3) is 0.929. The first kappa shape index (κ1) is 20.2. The molecule has 126 valence electrons. The van der Waals surface area contributed by atoms with Gasteiger partial charge in [0.25, 0.3) is 0 Å². The van der Waals surface area contributed by atoms with Crippen LogP contribution in [0.25, 0.3) is 0 Å². The molecule has 0 rings (SSSR count). The molecule has 0 aromatic carbocycles. The van der Waals surface area contributed by atoms with Crippen molar-refractivity contribution in [1.29, 1.82) is 0 Å². The highest BCUT2D eigenvalue weighted by Gasteiger charge is 2.18. The summed E-state index contributed by atoms with van der Waals surface area (Å²) >= 11 is 0. The Labute approximate surface area is 130 Å². The van der Waals surface area contributed by atoms with Gasteiger partial charge in [-0.25, -0.2) is 12.7 Å². The third kappa shape index (κ3) is 7.66. The van der Waals surface area contributed by atoms with Crippen LogP contribution in [0, 0.1) is 5.92 Å². The van der Waals surface area contributed by atoms with Gasteiger partial charge in [-0.15, -0.1) is 0 Å². The fourth-order valence-corrected chi connectivity index (χ4v) is 3.49. The zero-order chi connectivity index (χ0) is 16.3. The number of sulfonamides is 1. The number of nitrogens with zero attached hydrogens (tertiary/aromatic N) is 2. The average molecular weight is 321 g/mol. The van der Waals surface area contributed by atoms with Gasteiger partial charge in [-0.3, -0.25) is 4.99 Å². The minimum atomic E-state index is -3.18. The lowest BCUT2D eigenvalue weighted by Gasteiger charge is -2.20. The summed E-state index contributed by atoms with van der Waals surface area (Å²) in [5.41, 5.74) is 0. The molecule has 0 saturated heterocycles. The topological polar surface area (TPSA) is 73.8 Å². The second-order valence-electron chi connectivity index (χ2n) is 4.96. The van der Waals surface area contributed by atoms with Gasteiger partial charge in [0.1, 0.15) is 0 Å². The fourth-order valence-electron chi connectivity index (χ4n) is 2.08. The Morgan fingerprint density at radius 1 is 1.10 bits per heavy atom. The zero-order valence-electron chi connectivity index (χ0n) is 14.1. The van der Waals surface area contributed by atoms with E-state index in [9.17, 15) is 8.42 Å². The Bertz CT molecular complexity index is 388. The molecule has 0 fully saturated rings. The maximum absolute atomic E-state index is 12.0. The molecule has 0 aliphatic carbocycles. The quantitative estimate of drug-likeness (QED) is 0.469. The molecule has 0 aromatic heterocycles. The van der Waals surface area contributed by atoms with Gasteiger partial charge in [0.05, 0.1) is 5.75 Å². The lowest BCUT2D eigenvalue weighted by molar-refractivity contribution is 0.444. The van der Waals surface area contributed by atoms with Crippen molar-refractivity contribution in [3.05, 3.63) is 0 Å². The van der Waals surface area contributed by atoms with E-state index < -0.39 is 10.0 Å². The summed E-state index contributed by atoms with van der Waals surface area (Å²) in [6, 6.07) is 0. The molecule has 0 spiro atoms. The Morgan fingerprint density at radius 3 is 2.10 bits per heavy atom. The minimum Gasteiger partial charge on any atom is -0.356 e. The second-order valence-corrected chi connectivity index (χ2v) is 7.05. The van der Waals surface area contributed by atoms with E-state index >= 15 is 0 Å². The number of hydrogen-bond donors (Lipinski definition) is 2. The Kier molecular flexibility index (Phi) is 10.4. The first-order chi connectivity index (χ1) is 9.94. The molecule has 6 nitrogen and oxygen atoms in total. The molecule has 21 heavy (non-hydrogen) atoms. The van der Waals surface area contributed by atoms with Gasteiger partial charge in [-0.05, 0) is 5.92 Å². The standard InChI is InChI=1S/C14H32N4O2S/c1-6-13(7-2)12-17-14(15-5)16-10-11-21(19,20)18(8-3)9-4/h13H,6-12H2,1-5H3,(H2,15,16,17). The molecule has 0 amide bonds. The van der Waals surface area contributed by atoms with Crippen molar-refractivity contribution in [2.24, 2.45) is 10.9 Å². The maximum atomic E-state index is 12.0. The zero-order valence-corrected chi connectivity index (χ0v) is 15.0. The molecule has 0 aromatic rings. The van der Waals surface area contributed by atoms with Gasteiger partial charge in [0, 0.05) is 33.2 Å². The highest BCUT2D eigenvalue weighted by Crippen LogP contribution is 2.04. The molecule has 0 unspecified atom stereocenters. The van der Waals surface area contributed by atoms with E-state index in [1.54, 1.807) is 7.05 Å². The van der Waals surface area contributed by atoms with Crippen LogP contribution >= 0.6 is 0 Å². The van der Waals surface area contributed by atoms with Gasteiger partial charge in [0.2, 0.25) is 10.0 Å². The molecule has 0 radical (unpaired) electrons. The molecule has 0 aliphatic heterocycles. The maximum Gasteiger partial charge on any atom is 0.215 e. The monoisotopic (exact) mass is 320 g/mol. The number of hydrogen-bond acceptors (Lipinski definition) is 3.